The van der Waals surface area contributed by atoms with Crippen LogP contribution in [0.4, 0.5) is 4.79 Å². The van der Waals surface area contributed by atoms with Crippen LogP contribution < -0.4 is 5.32 Å². The zero-order valence-corrected chi connectivity index (χ0v) is 19.2. The van der Waals surface area contributed by atoms with Crippen LogP contribution in [0.1, 0.15) is 25.8 Å². The molecule has 2 saturated heterocycles. The number of piperazine rings is 1. The molecule has 0 aromatic heterocycles. The Morgan fingerprint density at radius 3 is 2.45 bits per heavy atom. The first kappa shape index (κ1) is 21.9. The van der Waals surface area contributed by atoms with Gasteiger partial charge in [0.25, 0.3) is 5.91 Å². The lowest BCUT2D eigenvalue weighted by molar-refractivity contribution is -0.127. The smallest absolute Gasteiger partial charge is 0.325 e. The van der Waals surface area contributed by atoms with E-state index >= 15 is 0 Å². The summed E-state index contributed by atoms with van der Waals surface area (Å²) in [5, 5.41) is 3.14. The minimum atomic E-state index is -0.535. The number of likely N-dealkylation sites (N-methyl/N-ethyl adjacent to an activating group) is 1. The maximum absolute atomic E-state index is 12.8. The predicted molar refractivity (Wildman–Crippen MR) is 121 cm³/mol. The number of hydrogen-bond donors (Lipinski definition) is 1. The van der Waals surface area contributed by atoms with Gasteiger partial charge in [-0.05, 0) is 36.6 Å². The first-order valence-corrected chi connectivity index (χ1v) is 11.3. The largest absolute Gasteiger partial charge is 0.340 e. The van der Waals surface area contributed by atoms with Crippen LogP contribution in [0.25, 0.3) is 0 Å². The summed E-state index contributed by atoms with van der Waals surface area (Å²) >= 11 is 6.05. The highest BCUT2D eigenvalue weighted by molar-refractivity contribution is 6.30. The number of halogens is 1. The third kappa shape index (κ3) is 4.65. The number of benzene rings is 1. The van der Waals surface area contributed by atoms with Crippen LogP contribution in [-0.2, 0) is 11.3 Å². The zero-order valence-electron chi connectivity index (χ0n) is 18.4. The van der Waals surface area contributed by atoms with E-state index in [2.05, 4.69) is 29.0 Å². The van der Waals surface area contributed by atoms with E-state index in [0.29, 0.717) is 17.5 Å². The standard InChI is InChI=1S/C22H31ClN6O2/c1-15(2)8-9-27-10-12-28(13-11-27)21-24-19-18(20(30)25-22(31)26(19)3)29(21)14-16-4-6-17(23)7-5-16/h4-7,15,18-19H,8-14H2,1-3H3,(H,25,30,31). The fourth-order valence-corrected chi connectivity index (χ4v) is 4.47. The number of carbonyl (C=O) groups is 2. The van der Waals surface area contributed by atoms with Gasteiger partial charge in [-0.1, -0.05) is 37.6 Å². The molecule has 168 valence electrons. The van der Waals surface area contributed by atoms with Gasteiger partial charge in [-0.15, -0.1) is 0 Å². The Labute approximate surface area is 188 Å². The molecular weight excluding hydrogens is 416 g/mol. The molecule has 2 unspecified atom stereocenters. The van der Waals surface area contributed by atoms with Gasteiger partial charge in [0.1, 0.15) is 0 Å². The van der Waals surface area contributed by atoms with Crippen LogP contribution in [0.5, 0.6) is 0 Å². The first-order valence-electron chi connectivity index (χ1n) is 11.0. The topological polar surface area (TPSA) is 71.5 Å². The van der Waals surface area contributed by atoms with Crippen molar-refractivity contribution in [2.75, 3.05) is 39.8 Å². The summed E-state index contributed by atoms with van der Waals surface area (Å²) in [4.78, 5) is 38.2. The Hall–Kier alpha value is -2.32. The van der Waals surface area contributed by atoms with Gasteiger partial charge in [0.05, 0.1) is 0 Å². The van der Waals surface area contributed by atoms with E-state index in [9.17, 15) is 9.59 Å². The van der Waals surface area contributed by atoms with Gasteiger partial charge in [-0.3, -0.25) is 15.0 Å². The molecule has 0 saturated carbocycles. The van der Waals surface area contributed by atoms with Crippen molar-refractivity contribution >= 4 is 29.5 Å². The molecule has 0 radical (unpaired) electrons. The number of nitrogens with zero attached hydrogens (tertiary/aromatic N) is 5. The second-order valence-corrected chi connectivity index (χ2v) is 9.39. The molecule has 2 atom stereocenters. The molecular formula is C22H31ClN6O2. The molecule has 1 N–H and O–H groups in total. The third-order valence-corrected chi connectivity index (χ3v) is 6.53. The van der Waals surface area contributed by atoms with E-state index in [1.54, 1.807) is 7.05 Å². The van der Waals surface area contributed by atoms with Gasteiger partial charge in [0.15, 0.2) is 18.2 Å². The number of hydrogen-bond acceptors (Lipinski definition) is 6. The number of amides is 3. The molecule has 4 rings (SSSR count). The summed E-state index contributed by atoms with van der Waals surface area (Å²) in [6.45, 7) is 9.79. The maximum atomic E-state index is 12.8. The summed E-state index contributed by atoms with van der Waals surface area (Å²) < 4.78 is 0. The van der Waals surface area contributed by atoms with Crippen LogP contribution in [0, 0.1) is 5.92 Å². The Morgan fingerprint density at radius 1 is 1.13 bits per heavy atom. The molecule has 3 heterocycles. The predicted octanol–water partition coefficient (Wildman–Crippen LogP) is 2.05. The van der Waals surface area contributed by atoms with Crippen molar-refractivity contribution in [3.8, 4) is 0 Å². The van der Waals surface area contributed by atoms with E-state index in [1.807, 2.05) is 29.2 Å². The quantitative estimate of drug-likeness (QED) is 0.749. The highest BCUT2D eigenvalue weighted by Gasteiger charge is 2.49. The second kappa shape index (κ2) is 9.04. The normalized spacial score (nSPS) is 24.5. The van der Waals surface area contributed by atoms with Gasteiger partial charge in [-0.25, -0.2) is 9.79 Å². The van der Waals surface area contributed by atoms with E-state index in [4.69, 9.17) is 16.6 Å². The average molecular weight is 447 g/mol. The molecule has 1 aromatic rings. The van der Waals surface area contributed by atoms with Crippen LogP contribution in [0.2, 0.25) is 5.02 Å². The molecule has 0 aliphatic carbocycles. The third-order valence-electron chi connectivity index (χ3n) is 6.28. The monoisotopic (exact) mass is 446 g/mol. The summed E-state index contributed by atoms with van der Waals surface area (Å²) in [5.41, 5.74) is 1.04. The zero-order chi connectivity index (χ0) is 22.1. The summed E-state index contributed by atoms with van der Waals surface area (Å²) in [6.07, 6.45) is 0.684. The minimum Gasteiger partial charge on any atom is -0.340 e. The number of rotatable bonds is 5. The van der Waals surface area contributed by atoms with Gasteiger partial charge in [-0.2, -0.15) is 0 Å². The lowest BCUT2D eigenvalue weighted by Crippen LogP contribution is -2.64. The molecule has 3 aliphatic heterocycles. The summed E-state index contributed by atoms with van der Waals surface area (Å²) in [5.74, 6) is 1.20. The number of carbonyl (C=O) groups excluding carboxylic acids is 2. The molecule has 0 spiro atoms. The number of guanidine groups is 1. The minimum absolute atomic E-state index is 0.295. The fourth-order valence-electron chi connectivity index (χ4n) is 4.34. The molecule has 3 aliphatic rings. The lowest BCUT2D eigenvalue weighted by Gasteiger charge is -2.40. The highest BCUT2D eigenvalue weighted by Crippen LogP contribution is 2.28. The van der Waals surface area contributed by atoms with Crippen molar-refractivity contribution in [2.24, 2.45) is 10.9 Å². The Morgan fingerprint density at radius 2 is 1.81 bits per heavy atom. The van der Waals surface area contributed by atoms with Gasteiger partial charge >= 0.3 is 6.03 Å². The van der Waals surface area contributed by atoms with E-state index in [1.165, 1.54) is 11.3 Å². The van der Waals surface area contributed by atoms with Crippen LogP contribution >= 0.6 is 11.6 Å². The van der Waals surface area contributed by atoms with E-state index in [0.717, 1.165) is 44.2 Å². The number of aliphatic imine (C=N–C) groups is 1. The molecule has 2 fully saturated rings. The lowest BCUT2D eigenvalue weighted by atomic mass is 10.1. The van der Waals surface area contributed by atoms with Crippen molar-refractivity contribution in [2.45, 2.75) is 39.0 Å². The Balaban J connectivity index is 1.54. The van der Waals surface area contributed by atoms with Crippen LogP contribution in [-0.4, -0.2) is 89.5 Å². The fraction of sp³-hybridized carbons (Fsp3) is 0.591. The van der Waals surface area contributed by atoms with Gasteiger partial charge in [0, 0.05) is 44.8 Å². The van der Waals surface area contributed by atoms with Crippen molar-refractivity contribution in [1.82, 2.24) is 24.9 Å². The van der Waals surface area contributed by atoms with Crippen molar-refractivity contribution < 1.29 is 9.59 Å². The Kier molecular flexibility index (Phi) is 6.39. The second-order valence-electron chi connectivity index (χ2n) is 8.96. The average Bonchev–Trinajstić information content (AvgIpc) is 3.12. The molecule has 9 heteroatoms. The number of imide groups is 1. The van der Waals surface area contributed by atoms with E-state index < -0.39 is 18.2 Å². The SMILES string of the molecule is CC(C)CCN1CCN(C2=NC3C(C(=O)NC(=O)N3C)N2Cc2ccc(Cl)cc2)CC1. The van der Waals surface area contributed by atoms with Crippen molar-refractivity contribution in [3.63, 3.8) is 0 Å². The summed E-state index contributed by atoms with van der Waals surface area (Å²) in [6, 6.07) is 6.70. The number of urea groups is 1. The van der Waals surface area contributed by atoms with Crippen molar-refractivity contribution in [1.29, 1.82) is 0 Å². The first-order chi connectivity index (χ1) is 14.8. The molecule has 1 aromatic carbocycles. The summed E-state index contributed by atoms with van der Waals surface area (Å²) in [7, 11) is 1.69. The van der Waals surface area contributed by atoms with Gasteiger partial charge in [0.2, 0.25) is 0 Å². The molecule has 3 amide bonds. The van der Waals surface area contributed by atoms with Crippen LogP contribution in [0.3, 0.4) is 0 Å². The number of nitrogens with one attached hydrogen (secondary N) is 1. The van der Waals surface area contributed by atoms with Crippen molar-refractivity contribution in [3.05, 3.63) is 34.9 Å². The Bertz CT molecular complexity index is 850. The number of fused-ring (bicyclic) bond motifs is 1. The maximum Gasteiger partial charge on any atom is 0.325 e. The highest BCUT2D eigenvalue weighted by atomic mass is 35.5. The molecule has 8 nitrogen and oxygen atoms in total. The molecule has 0 bridgehead atoms. The van der Waals surface area contributed by atoms with Crippen LogP contribution in [0.15, 0.2) is 29.3 Å². The van der Waals surface area contributed by atoms with Gasteiger partial charge < -0.3 is 14.7 Å². The molecule has 31 heavy (non-hydrogen) atoms. The van der Waals surface area contributed by atoms with E-state index in [-0.39, 0.29) is 5.91 Å².